The zero-order valence-electron chi connectivity index (χ0n) is 15.4. The molecule has 0 atom stereocenters. The Hall–Kier alpha value is -3.08. The van der Waals surface area contributed by atoms with Crippen LogP contribution < -0.4 is 10.1 Å². The van der Waals surface area contributed by atoms with Crippen LogP contribution in [0.2, 0.25) is 0 Å². The van der Waals surface area contributed by atoms with Crippen molar-refractivity contribution in [2.75, 3.05) is 12.4 Å². The molecule has 0 radical (unpaired) electrons. The summed E-state index contributed by atoms with van der Waals surface area (Å²) in [5.74, 6) is -0.0898. The van der Waals surface area contributed by atoms with Gasteiger partial charge in [0, 0.05) is 17.3 Å². The molecule has 0 spiro atoms. The molecule has 0 fully saturated rings. The first kappa shape index (κ1) is 17.7. The normalized spacial score (nSPS) is 14.4. The Morgan fingerprint density at radius 3 is 2.23 bits per heavy atom. The Kier molecular flexibility index (Phi) is 4.80. The molecule has 0 bridgehead atoms. The van der Waals surface area contributed by atoms with Crippen molar-refractivity contribution in [3.05, 3.63) is 65.4 Å². The van der Waals surface area contributed by atoms with Gasteiger partial charge in [-0.15, -0.1) is 0 Å². The van der Waals surface area contributed by atoms with E-state index in [0.29, 0.717) is 16.9 Å². The number of carbonyl (C=O) groups excluding carboxylic acids is 2. The van der Waals surface area contributed by atoms with Gasteiger partial charge in [-0.3, -0.25) is 14.5 Å². The van der Waals surface area contributed by atoms with Gasteiger partial charge in [-0.25, -0.2) is 0 Å². The van der Waals surface area contributed by atoms with Crippen molar-refractivity contribution in [3.8, 4) is 5.75 Å². The van der Waals surface area contributed by atoms with E-state index >= 15 is 0 Å². The number of anilines is 1. The second-order valence-corrected chi connectivity index (χ2v) is 6.52. The lowest BCUT2D eigenvalue weighted by atomic mass is 10.0. The zero-order chi connectivity index (χ0) is 18.8. The van der Waals surface area contributed by atoms with E-state index in [4.69, 9.17) is 4.74 Å². The maximum atomic E-state index is 13.0. The molecule has 26 heavy (non-hydrogen) atoms. The fraction of sp³-hybridized carbons (Fsp3) is 0.238. The summed E-state index contributed by atoms with van der Waals surface area (Å²) in [6.45, 7) is 5.64. The molecule has 2 aromatic rings. The molecule has 1 aliphatic heterocycles. The number of rotatable bonds is 5. The SMILES string of the molecule is COc1ccccc1C1=C(Nc2ccc(C)cc2)C(=O)N(C(C)C)C1=O. The molecular formula is C21H22N2O3. The van der Waals surface area contributed by atoms with Crippen LogP contribution in [-0.4, -0.2) is 29.9 Å². The molecule has 2 amide bonds. The van der Waals surface area contributed by atoms with E-state index in [0.717, 1.165) is 11.3 Å². The third kappa shape index (κ3) is 3.08. The van der Waals surface area contributed by atoms with Gasteiger partial charge >= 0.3 is 0 Å². The van der Waals surface area contributed by atoms with Gasteiger partial charge in [-0.1, -0.05) is 35.9 Å². The molecule has 1 heterocycles. The van der Waals surface area contributed by atoms with Gasteiger partial charge < -0.3 is 10.1 Å². The molecular weight excluding hydrogens is 328 g/mol. The van der Waals surface area contributed by atoms with Crippen molar-refractivity contribution in [1.82, 2.24) is 4.90 Å². The lowest BCUT2D eigenvalue weighted by molar-refractivity contribution is -0.138. The van der Waals surface area contributed by atoms with Crippen molar-refractivity contribution < 1.29 is 14.3 Å². The number of imide groups is 1. The van der Waals surface area contributed by atoms with Crippen molar-refractivity contribution in [3.63, 3.8) is 0 Å². The number of benzene rings is 2. The van der Waals surface area contributed by atoms with Crippen LogP contribution in [0.15, 0.2) is 54.2 Å². The van der Waals surface area contributed by atoms with E-state index in [-0.39, 0.29) is 23.6 Å². The number of nitrogens with one attached hydrogen (secondary N) is 1. The number of hydrogen-bond donors (Lipinski definition) is 1. The topological polar surface area (TPSA) is 58.6 Å². The number of ether oxygens (including phenoxy) is 1. The van der Waals surface area contributed by atoms with E-state index in [1.54, 1.807) is 19.2 Å². The smallest absolute Gasteiger partial charge is 0.278 e. The standard InChI is InChI=1S/C21H22N2O3/c1-13(2)23-20(24)18(16-7-5-6-8-17(16)26-4)19(21(23)25)22-15-11-9-14(3)10-12-15/h5-13,22H,1-4H3. The van der Waals surface area contributed by atoms with Crippen LogP contribution in [0.25, 0.3) is 5.57 Å². The predicted molar refractivity (Wildman–Crippen MR) is 102 cm³/mol. The minimum Gasteiger partial charge on any atom is -0.496 e. The van der Waals surface area contributed by atoms with Gasteiger partial charge in [-0.2, -0.15) is 0 Å². The first-order chi connectivity index (χ1) is 12.4. The largest absolute Gasteiger partial charge is 0.496 e. The number of amides is 2. The average molecular weight is 350 g/mol. The number of aryl methyl sites for hydroxylation is 1. The van der Waals surface area contributed by atoms with E-state index in [1.807, 2.05) is 57.2 Å². The minimum atomic E-state index is -0.327. The molecule has 1 aliphatic rings. The Morgan fingerprint density at radius 2 is 1.62 bits per heavy atom. The molecule has 3 rings (SSSR count). The average Bonchev–Trinajstić information content (AvgIpc) is 2.87. The zero-order valence-corrected chi connectivity index (χ0v) is 15.4. The molecule has 0 saturated carbocycles. The van der Waals surface area contributed by atoms with Crippen LogP contribution in [0.3, 0.4) is 0 Å². The molecule has 0 unspecified atom stereocenters. The van der Waals surface area contributed by atoms with E-state index in [2.05, 4.69) is 5.32 Å². The Morgan fingerprint density at radius 1 is 0.962 bits per heavy atom. The third-order valence-corrected chi connectivity index (χ3v) is 4.33. The Bertz CT molecular complexity index is 882. The van der Waals surface area contributed by atoms with E-state index in [1.165, 1.54) is 4.90 Å². The molecule has 1 N–H and O–H groups in total. The summed E-state index contributed by atoms with van der Waals surface area (Å²) in [6, 6.07) is 14.7. The summed E-state index contributed by atoms with van der Waals surface area (Å²) in [6.07, 6.45) is 0. The van der Waals surface area contributed by atoms with Crippen molar-refractivity contribution in [1.29, 1.82) is 0 Å². The minimum absolute atomic E-state index is 0.239. The van der Waals surface area contributed by atoms with Gasteiger partial charge in [0.05, 0.1) is 12.7 Å². The number of nitrogens with zero attached hydrogens (tertiary/aromatic N) is 1. The molecule has 0 aromatic heterocycles. The molecule has 5 nitrogen and oxygen atoms in total. The Labute approximate surface area is 153 Å². The summed E-state index contributed by atoms with van der Waals surface area (Å²) in [5.41, 5.74) is 3.08. The highest BCUT2D eigenvalue weighted by Gasteiger charge is 2.41. The maximum Gasteiger partial charge on any atom is 0.278 e. The number of methoxy groups -OCH3 is 1. The molecule has 5 heteroatoms. The van der Waals surface area contributed by atoms with Gasteiger partial charge in [0.2, 0.25) is 0 Å². The second kappa shape index (κ2) is 7.04. The van der Waals surface area contributed by atoms with Crippen molar-refractivity contribution in [2.45, 2.75) is 26.8 Å². The second-order valence-electron chi connectivity index (χ2n) is 6.52. The van der Waals surface area contributed by atoms with Crippen molar-refractivity contribution >= 4 is 23.1 Å². The van der Waals surface area contributed by atoms with E-state index < -0.39 is 0 Å². The van der Waals surface area contributed by atoms with Gasteiger partial charge in [0.1, 0.15) is 11.4 Å². The molecule has 0 saturated heterocycles. The summed E-state index contributed by atoms with van der Waals surface area (Å²) in [4.78, 5) is 27.3. The maximum absolute atomic E-state index is 13.0. The highest BCUT2D eigenvalue weighted by atomic mass is 16.5. The summed E-state index contributed by atoms with van der Waals surface area (Å²) < 4.78 is 5.41. The number of hydrogen-bond acceptors (Lipinski definition) is 4. The summed E-state index contributed by atoms with van der Waals surface area (Å²) in [7, 11) is 1.55. The number of carbonyl (C=O) groups is 2. The van der Waals surface area contributed by atoms with Gasteiger partial charge in [0.15, 0.2) is 0 Å². The molecule has 134 valence electrons. The van der Waals surface area contributed by atoms with Crippen LogP contribution in [0.4, 0.5) is 5.69 Å². The number of para-hydroxylation sites is 1. The van der Waals surface area contributed by atoms with Crippen LogP contribution >= 0.6 is 0 Å². The van der Waals surface area contributed by atoms with Crippen LogP contribution in [0.5, 0.6) is 5.75 Å². The lowest BCUT2D eigenvalue weighted by Crippen LogP contribution is -2.38. The summed E-state index contributed by atoms with van der Waals surface area (Å²) >= 11 is 0. The van der Waals surface area contributed by atoms with Gasteiger partial charge in [0.25, 0.3) is 11.8 Å². The van der Waals surface area contributed by atoms with Crippen LogP contribution in [-0.2, 0) is 9.59 Å². The van der Waals surface area contributed by atoms with Crippen molar-refractivity contribution in [2.24, 2.45) is 0 Å². The van der Waals surface area contributed by atoms with Crippen LogP contribution in [0.1, 0.15) is 25.0 Å². The monoisotopic (exact) mass is 350 g/mol. The van der Waals surface area contributed by atoms with Crippen LogP contribution in [0, 0.1) is 6.92 Å². The predicted octanol–water partition coefficient (Wildman–Crippen LogP) is 3.60. The fourth-order valence-electron chi connectivity index (χ4n) is 3.01. The Balaban J connectivity index is 2.14. The molecule has 2 aromatic carbocycles. The van der Waals surface area contributed by atoms with Gasteiger partial charge in [-0.05, 0) is 39.0 Å². The first-order valence-corrected chi connectivity index (χ1v) is 8.53. The summed E-state index contributed by atoms with van der Waals surface area (Å²) in [5, 5.41) is 3.15. The lowest BCUT2D eigenvalue weighted by Gasteiger charge is -2.19. The quantitative estimate of drug-likeness (QED) is 0.837. The highest BCUT2D eigenvalue weighted by molar-refractivity contribution is 6.37. The first-order valence-electron chi connectivity index (χ1n) is 8.53. The third-order valence-electron chi connectivity index (χ3n) is 4.33. The van der Waals surface area contributed by atoms with E-state index in [9.17, 15) is 9.59 Å². The highest BCUT2D eigenvalue weighted by Crippen LogP contribution is 2.35. The molecule has 0 aliphatic carbocycles. The fourth-order valence-corrected chi connectivity index (χ4v) is 3.01.